The molecule has 0 radical (unpaired) electrons. The van der Waals surface area contributed by atoms with E-state index >= 15 is 0 Å². The van der Waals surface area contributed by atoms with Crippen LogP contribution in [0.5, 0.6) is 0 Å². The van der Waals surface area contributed by atoms with Crippen LogP contribution in [0.4, 0.5) is 4.39 Å². The number of ether oxygens (including phenoxy) is 1. The number of rotatable bonds is 1. The molecule has 4 heterocycles. The first-order valence-corrected chi connectivity index (χ1v) is 11.2. The molecule has 4 aliphatic rings. The number of amidine groups is 1. The number of benzene rings is 2. The zero-order chi connectivity index (χ0) is 20.3. The summed E-state index contributed by atoms with van der Waals surface area (Å²) in [5, 5.41) is 0. The fourth-order valence-corrected chi connectivity index (χ4v) is 6.13. The summed E-state index contributed by atoms with van der Waals surface area (Å²) in [6, 6.07) is 17.5. The van der Waals surface area contributed by atoms with Crippen LogP contribution in [0.25, 0.3) is 0 Å². The SMILES string of the molecule is CN1C2CCC1CC1(CN=C(N3CCc4ccccc4[C@@H]3c3ccc(F)cc3)O1)C2. The number of piperidine rings is 1. The summed E-state index contributed by atoms with van der Waals surface area (Å²) < 4.78 is 20.4. The Morgan fingerprint density at radius 1 is 1.03 bits per heavy atom. The lowest BCUT2D eigenvalue weighted by Gasteiger charge is -2.44. The molecule has 2 fully saturated rings. The first-order chi connectivity index (χ1) is 14.6. The number of aliphatic imine (C=N–C) groups is 1. The van der Waals surface area contributed by atoms with Crippen molar-refractivity contribution in [2.24, 2.45) is 4.99 Å². The molecule has 2 unspecified atom stereocenters. The van der Waals surface area contributed by atoms with E-state index in [9.17, 15) is 4.39 Å². The molecule has 6 rings (SSSR count). The first-order valence-electron chi connectivity index (χ1n) is 11.2. The molecule has 0 N–H and O–H groups in total. The van der Waals surface area contributed by atoms with Crippen LogP contribution in [-0.4, -0.2) is 53.6 Å². The molecule has 5 heteroatoms. The Kier molecular flexibility index (Phi) is 4.17. The smallest absolute Gasteiger partial charge is 0.288 e. The van der Waals surface area contributed by atoms with Crippen molar-refractivity contribution >= 4 is 6.02 Å². The van der Waals surface area contributed by atoms with Crippen molar-refractivity contribution < 1.29 is 9.13 Å². The van der Waals surface area contributed by atoms with Crippen molar-refractivity contribution in [3.8, 4) is 0 Å². The Balaban J connectivity index is 1.33. The highest BCUT2D eigenvalue weighted by molar-refractivity contribution is 5.78. The zero-order valence-corrected chi connectivity index (χ0v) is 17.4. The minimum absolute atomic E-state index is 0.00689. The highest BCUT2D eigenvalue weighted by atomic mass is 19.1. The maximum absolute atomic E-state index is 13.6. The van der Waals surface area contributed by atoms with Gasteiger partial charge in [-0.2, -0.15) is 0 Å². The molecule has 0 aromatic heterocycles. The summed E-state index contributed by atoms with van der Waals surface area (Å²) in [5.74, 6) is -0.204. The molecular formula is C25H28FN3O. The molecule has 4 aliphatic heterocycles. The van der Waals surface area contributed by atoms with Gasteiger partial charge in [0.25, 0.3) is 6.02 Å². The van der Waals surface area contributed by atoms with E-state index in [0.717, 1.165) is 43.9 Å². The van der Waals surface area contributed by atoms with E-state index in [1.54, 1.807) is 12.1 Å². The van der Waals surface area contributed by atoms with Crippen LogP contribution < -0.4 is 0 Å². The number of nitrogens with zero attached hydrogens (tertiary/aromatic N) is 3. The monoisotopic (exact) mass is 405 g/mol. The molecular weight excluding hydrogens is 377 g/mol. The summed E-state index contributed by atoms with van der Waals surface area (Å²) >= 11 is 0. The molecule has 2 bridgehead atoms. The van der Waals surface area contributed by atoms with Gasteiger partial charge in [-0.3, -0.25) is 0 Å². The molecule has 156 valence electrons. The van der Waals surface area contributed by atoms with Crippen LogP contribution in [0, 0.1) is 5.82 Å². The normalized spacial score (nSPS) is 32.8. The van der Waals surface area contributed by atoms with Gasteiger partial charge < -0.3 is 14.5 Å². The number of hydrogen-bond acceptors (Lipinski definition) is 4. The third kappa shape index (κ3) is 2.86. The zero-order valence-electron chi connectivity index (χ0n) is 17.4. The summed E-state index contributed by atoms with van der Waals surface area (Å²) in [4.78, 5) is 9.81. The van der Waals surface area contributed by atoms with Crippen molar-refractivity contribution in [2.45, 2.75) is 55.8 Å². The van der Waals surface area contributed by atoms with Gasteiger partial charge in [-0.05, 0) is 55.1 Å². The van der Waals surface area contributed by atoms with Crippen LogP contribution in [0.2, 0.25) is 0 Å². The molecule has 0 amide bonds. The second-order valence-corrected chi connectivity index (χ2v) is 9.44. The topological polar surface area (TPSA) is 28.1 Å². The van der Waals surface area contributed by atoms with E-state index in [0.29, 0.717) is 12.1 Å². The van der Waals surface area contributed by atoms with Crippen molar-refractivity contribution in [3.05, 3.63) is 71.0 Å². The fourth-order valence-electron chi connectivity index (χ4n) is 6.13. The standard InChI is InChI=1S/C25H28FN3O/c1-28-20-10-11-21(28)15-25(14-20)16-27-24(30-25)29-13-12-17-4-2-3-5-22(17)23(29)18-6-8-19(26)9-7-18/h2-9,20-21,23H,10-16H2,1H3/t20?,21?,23-,25?/m0/s1. The molecule has 0 aliphatic carbocycles. The Hall–Kier alpha value is -2.40. The molecule has 0 saturated carbocycles. The fraction of sp³-hybridized carbons (Fsp3) is 0.480. The predicted molar refractivity (Wildman–Crippen MR) is 115 cm³/mol. The summed E-state index contributed by atoms with van der Waals surface area (Å²) in [7, 11) is 2.26. The van der Waals surface area contributed by atoms with E-state index in [4.69, 9.17) is 9.73 Å². The lowest BCUT2D eigenvalue weighted by molar-refractivity contribution is -0.0223. The minimum Gasteiger partial charge on any atom is -0.456 e. The quantitative estimate of drug-likeness (QED) is 0.713. The second-order valence-electron chi connectivity index (χ2n) is 9.44. The molecule has 2 aromatic carbocycles. The van der Waals surface area contributed by atoms with Gasteiger partial charge in [-0.25, -0.2) is 9.38 Å². The van der Waals surface area contributed by atoms with Crippen LogP contribution in [0.15, 0.2) is 53.5 Å². The van der Waals surface area contributed by atoms with E-state index in [1.807, 2.05) is 12.1 Å². The van der Waals surface area contributed by atoms with Crippen molar-refractivity contribution in [1.82, 2.24) is 9.80 Å². The van der Waals surface area contributed by atoms with Crippen LogP contribution >= 0.6 is 0 Å². The van der Waals surface area contributed by atoms with Crippen LogP contribution in [0.1, 0.15) is 48.4 Å². The summed E-state index contributed by atoms with van der Waals surface area (Å²) in [6.07, 6.45) is 5.66. The van der Waals surface area contributed by atoms with Gasteiger partial charge in [-0.1, -0.05) is 36.4 Å². The maximum Gasteiger partial charge on any atom is 0.288 e. The third-order valence-electron chi connectivity index (χ3n) is 7.73. The number of hydrogen-bond donors (Lipinski definition) is 0. The van der Waals surface area contributed by atoms with Gasteiger partial charge in [0.1, 0.15) is 11.4 Å². The van der Waals surface area contributed by atoms with E-state index in [2.05, 4.69) is 41.1 Å². The van der Waals surface area contributed by atoms with E-state index in [1.165, 1.54) is 24.0 Å². The van der Waals surface area contributed by atoms with E-state index in [-0.39, 0.29) is 17.5 Å². The third-order valence-corrected chi connectivity index (χ3v) is 7.73. The van der Waals surface area contributed by atoms with Crippen LogP contribution in [0.3, 0.4) is 0 Å². The Labute approximate surface area is 177 Å². The Morgan fingerprint density at radius 3 is 2.53 bits per heavy atom. The Morgan fingerprint density at radius 2 is 1.77 bits per heavy atom. The highest BCUT2D eigenvalue weighted by Gasteiger charge is 2.52. The minimum atomic E-state index is -0.204. The lowest BCUT2D eigenvalue weighted by atomic mass is 9.86. The van der Waals surface area contributed by atoms with Gasteiger partial charge in [0.05, 0.1) is 12.6 Å². The van der Waals surface area contributed by atoms with Crippen molar-refractivity contribution in [1.29, 1.82) is 0 Å². The maximum atomic E-state index is 13.6. The van der Waals surface area contributed by atoms with Gasteiger partial charge >= 0.3 is 0 Å². The molecule has 30 heavy (non-hydrogen) atoms. The first kappa shape index (κ1) is 18.4. The molecule has 1 spiro atoms. The summed E-state index contributed by atoms with van der Waals surface area (Å²) in [5.41, 5.74) is 3.57. The molecule has 4 nitrogen and oxygen atoms in total. The van der Waals surface area contributed by atoms with Gasteiger partial charge in [0.15, 0.2) is 0 Å². The predicted octanol–water partition coefficient (Wildman–Crippen LogP) is 4.15. The largest absolute Gasteiger partial charge is 0.456 e. The van der Waals surface area contributed by atoms with Gasteiger partial charge in [0, 0.05) is 31.5 Å². The van der Waals surface area contributed by atoms with E-state index < -0.39 is 0 Å². The van der Waals surface area contributed by atoms with Crippen LogP contribution in [-0.2, 0) is 11.2 Å². The summed E-state index contributed by atoms with van der Waals surface area (Å²) in [6.45, 7) is 1.62. The molecule has 2 aromatic rings. The van der Waals surface area contributed by atoms with Gasteiger partial charge in [0.2, 0.25) is 0 Å². The van der Waals surface area contributed by atoms with Gasteiger partial charge in [-0.15, -0.1) is 0 Å². The highest BCUT2D eigenvalue weighted by Crippen LogP contribution is 2.45. The number of halogens is 1. The second kappa shape index (κ2) is 6.81. The Bertz CT molecular complexity index is 974. The lowest BCUT2D eigenvalue weighted by Crippen LogP contribution is -2.52. The van der Waals surface area contributed by atoms with Crippen molar-refractivity contribution in [3.63, 3.8) is 0 Å². The molecule has 2 saturated heterocycles. The average Bonchev–Trinajstić information content (AvgIpc) is 3.25. The molecule has 3 atom stereocenters. The van der Waals surface area contributed by atoms with Crippen molar-refractivity contribution in [2.75, 3.05) is 20.1 Å². The average molecular weight is 406 g/mol. The number of fused-ring (bicyclic) bond motifs is 3.